The molecule has 0 saturated carbocycles. The number of carbonyl (C=O) groups excluding carboxylic acids is 3. The SMILES string of the molecule is CCCCCCCCCCCCCCCCOc1cc2c(s1)c1c(c3sc(C)cc32)=C(c2sc(C)cc2C)C(=O)C=1c1sc(-c2ccc(C)c3c2C(=O)N(CC(C)CC)C3=O)cc1C. The molecule has 0 spiro atoms. The Balaban J connectivity index is 1.12. The molecule has 1 atom stereocenters. The number of Topliss-reactive ketones (excluding diaryl/α,β-unsaturated/α-hetero) is 1. The van der Waals surface area contributed by atoms with Crippen LogP contribution in [0.15, 0.2) is 36.4 Å². The van der Waals surface area contributed by atoms with Crippen LogP contribution < -0.4 is 15.2 Å². The number of aryl methyl sites for hydroxylation is 5. The maximum absolute atomic E-state index is 15.5. The maximum Gasteiger partial charge on any atom is 0.262 e. The normalized spacial score (nSPS) is 14.3. The molecule has 64 heavy (non-hydrogen) atoms. The Morgan fingerprint density at radius 1 is 0.578 bits per heavy atom. The van der Waals surface area contributed by atoms with Gasteiger partial charge in [-0.2, -0.15) is 0 Å². The fourth-order valence-corrected chi connectivity index (χ4v) is 14.3. The van der Waals surface area contributed by atoms with E-state index < -0.39 is 0 Å². The van der Waals surface area contributed by atoms with Crippen LogP contribution in [0.25, 0.3) is 41.8 Å². The van der Waals surface area contributed by atoms with Crippen molar-refractivity contribution in [3.63, 3.8) is 0 Å². The summed E-state index contributed by atoms with van der Waals surface area (Å²) < 4.78 is 8.81. The molecule has 1 unspecified atom stereocenters. The first-order valence-corrected chi connectivity index (χ1v) is 27.3. The Hall–Kier alpha value is -3.89. The van der Waals surface area contributed by atoms with Crippen LogP contribution in [0.5, 0.6) is 5.06 Å². The van der Waals surface area contributed by atoms with Gasteiger partial charge in [0, 0.05) is 84.3 Å². The lowest BCUT2D eigenvalue weighted by Crippen LogP contribution is -2.33. The summed E-state index contributed by atoms with van der Waals surface area (Å²) >= 11 is 6.70. The number of hydrogen-bond donors (Lipinski definition) is 0. The summed E-state index contributed by atoms with van der Waals surface area (Å²) in [7, 11) is 0. The number of hydrogen-bond acceptors (Lipinski definition) is 8. The highest BCUT2D eigenvalue weighted by Gasteiger charge is 2.40. The van der Waals surface area contributed by atoms with E-state index in [1.165, 1.54) is 104 Å². The average molecular weight is 932 g/mol. The van der Waals surface area contributed by atoms with E-state index in [0.717, 1.165) is 91.2 Å². The predicted octanol–water partition coefficient (Wildman–Crippen LogP) is 14.9. The third kappa shape index (κ3) is 9.13. The van der Waals surface area contributed by atoms with Gasteiger partial charge in [-0.3, -0.25) is 19.3 Å². The lowest BCUT2D eigenvalue weighted by Gasteiger charge is -2.18. The molecule has 6 aromatic rings. The molecular formula is C55H65NO4S4. The highest BCUT2D eigenvalue weighted by Crippen LogP contribution is 2.45. The van der Waals surface area contributed by atoms with Gasteiger partial charge in [0.1, 0.15) is 0 Å². The van der Waals surface area contributed by atoms with E-state index in [1.54, 1.807) is 45.3 Å². The van der Waals surface area contributed by atoms with Crippen molar-refractivity contribution in [3.05, 3.63) is 94.2 Å². The summed E-state index contributed by atoms with van der Waals surface area (Å²) in [5.41, 5.74) is 6.18. The monoisotopic (exact) mass is 931 g/mol. The van der Waals surface area contributed by atoms with Crippen LogP contribution in [0.2, 0.25) is 0 Å². The van der Waals surface area contributed by atoms with Crippen molar-refractivity contribution in [2.75, 3.05) is 13.2 Å². The fourth-order valence-electron chi connectivity index (χ4n) is 9.82. The van der Waals surface area contributed by atoms with Crippen LogP contribution in [0.4, 0.5) is 0 Å². The minimum absolute atomic E-state index is 0.0506. The van der Waals surface area contributed by atoms with Crippen LogP contribution in [-0.2, 0) is 4.79 Å². The van der Waals surface area contributed by atoms with E-state index in [2.05, 4.69) is 72.7 Å². The van der Waals surface area contributed by atoms with E-state index >= 15 is 4.79 Å². The second kappa shape index (κ2) is 20.3. The molecule has 2 amide bonds. The fraction of sp³-hybridized carbons (Fsp3) is 0.473. The molecule has 5 nitrogen and oxygen atoms in total. The van der Waals surface area contributed by atoms with Crippen molar-refractivity contribution < 1.29 is 19.1 Å². The van der Waals surface area contributed by atoms with Gasteiger partial charge in [-0.15, -0.1) is 34.0 Å². The molecule has 0 bridgehead atoms. The molecule has 2 aromatic carbocycles. The molecule has 1 aliphatic heterocycles. The third-order valence-electron chi connectivity index (χ3n) is 13.5. The molecule has 1 aliphatic carbocycles. The molecule has 0 fully saturated rings. The standard InChI is InChI=1S/C55H65NO4S4/c1-9-11-12-13-14-15-16-17-18-19-20-21-22-23-26-60-42-30-40-39-29-37(8)62-52(39)45-46(53(40)64-42)48(49(57)47(45)50-34(5)27-36(7)61-50)51-35(6)28-41(63-51)38-25-24-33(4)43-44(38)55(59)56(54(43)58)31-32(3)10-2/h24-25,27-30,32H,9-23,26,31H2,1-8H3. The molecule has 338 valence electrons. The number of nitrogens with zero attached hydrogens (tertiary/aromatic N) is 1. The van der Waals surface area contributed by atoms with E-state index in [0.29, 0.717) is 24.3 Å². The number of ether oxygens (including phenoxy) is 1. The molecule has 4 aromatic heterocycles. The van der Waals surface area contributed by atoms with E-state index in [9.17, 15) is 9.59 Å². The Morgan fingerprint density at radius 3 is 1.73 bits per heavy atom. The molecular weight excluding hydrogens is 867 g/mol. The van der Waals surface area contributed by atoms with Crippen LogP contribution in [0, 0.1) is 40.5 Å². The topological polar surface area (TPSA) is 63.7 Å². The first-order valence-electron chi connectivity index (χ1n) is 24.0. The first kappa shape index (κ1) is 46.6. The van der Waals surface area contributed by atoms with Gasteiger partial charge in [0.15, 0.2) is 10.8 Å². The highest BCUT2D eigenvalue weighted by molar-refractivity contribution is 7.22. The average Bonchev–Trinajstić information content (AvgIpc) is 4.12. The quantitative estimate of drug-likeness (QED) is 0.0503. The molecule has 0 saturated heterocycles. The van der Waals surface area contributed by atoms with Gasteiger partial charge in [-0.05, 0) is 81.8 Å². The number of imide groups is 1. The van der Waals surface area contributed by atoms with Crippen molar-refractivity contribution in [1.82, 2.24) is 4.90 Å². The predicted molar refractivity (Wildman–Crippen MR) is 275 cm³/mol. The number of thiophene rings is 4. The number of amides is 2. The maximum atomic E-state index is 15.5. The van der Waals surface area contributed by atoms with Gasteiger partial charge in [-0.25, -0.2) is 0 Å². The Kier molecular flexibility index (Phi) is 14.8. The minimum atomic E-state index is -0.224. The zero-order valence-corrected chi connectivity index (χ0v) is 42.5. The lowest BCUT2D eigenvalue weighted by atomic mass is 9.97. The number of carbonyl (C=O) groups is 3. The zero-order valence-electron chi connectivity index (χ0n) is 39.3. The molecule has 0 N–H and O–H groups in total. The largest absolute Gasteiger partial charge is 0.484 e. The van der Waals surface area contributed by atoms with Crippen LogP contribution in [-0.4, -0.2) is 35.6 Å². The second-order valence-electron chi connectivity index (χ2n) is 18.6. The van der Waals surface area contributed by atoms with Crippen molar-refractivity contribution >= 4 is 94.3 Å². The van der Waals surface area contributed by atoms with Gasteiger partial charge in [0.05, 0.1) is 17.7 Å². The Bertz CT molecular complexity index is 2860. The Labute approximate surface area is 396 Å². The van der Waals surface area contributed by atoms with Crippen molar-refractivity contribution in [1.29, 1.82) is 0 Å². The number of unbranched alkanes of at least 4 members (excludes halogenated alkanes) is 13. The molecule has 5 heterocycles. The highest BCUT2D eigenvalue weighted by atomic mass is 32.1. The number of ketones is 1. The van der Waals surface area contributed by atoms with Crippen LogP contribution >= 0.6 is 45.3 Å². The van der Waals surface area contributed by atoms with Crippen LogP contribution in [0.3, 0.4) is 0 Å². The van der Waals surface area contributed by atoms with Crippen molar-refractivity contribution in [3.8, 4) is 15.5 Å². The van der Waals surface area contributed by atoms with E-state index in [1.807, 2.05) is 19.1 Å². The number of rotatable bonds is 22. The molecule has 0 radical (unpaired) electrons. The minimum Gasteiger partial charge on any atom is -0.484 e. The second-order valence-corrected chi connectivity index (χ2v) is 23.2. The van der Waals surface area contributed by atoms with Gasteiger partial charge < -0.3 is 4.74 Å². The van der Waals surface area contributed by atoms with E-state index in [4.69, 9.17) is 4.74 Å². The summed E-state index contributed by atoms with van der Waals surface area (Å²) in [6.45, 7) is 17.9. The molecule has 2 aliphatic rings. The number of benzene rings is 2. The van der Waals surface area contributed by atoms with Gasteiger partial charge in [0.25, 0.3) is 11.8 Å². The van der Waals surface area contributed by atoms with Gasteiger partial charge >= 0.3 is 0 Å². The van der Waals surface area contributed by atoms with Gasteiger partial charge in [0.2, 0.25) is 0 Å². The molecule has 9 heteroatoms. The van der Waals surface area contributed by atoms with Crippen molar-refractivity contribution in [2.45, 2.75) is 152 Å². The van der Waals surface area contributed by atoms with Crippen LogP contribution in [0.1, 0.15) is 174 Å². The summed E-state index contributed by atoms with van der Waals surface area (Å²) in [5.74, 6) is -0.177. The van der Waals surface area contributed by atoms with Gasteiger partial charge in [-0.1, -0.05) is 134 Å². The summed E-state index contributed by atoms with van der Waals surface area (Å²) in [6.07, 6.45) is 19.4. The number of fused-ring (bicyclic) bond motifs is 7. The summed E-state index contributed by atoms with van der Waals surface area (Å²) in [4.78, 5) is 50.1. The van der Waals surface area contributed by atoms with E-state index in [-0.39, 0.29) is 23.5 Å². The third-order valence-corrected chi connectivity index (χ3v) is 18.0. The smallest absolute Gasteiger partial charge is 0.262 e. The summed E-state index contributed by atoms with van der Waals surface area (Å²) in [5, 5.41) is 5.26. The first-order chi connectivity index (χ1) is 30.9. The Morgan fingerprint density at radius 2 is 1.12 bits per heavy atom. The zero-order chi connectivity index (χ0) is 45.2. The molecule has 8 rings (SSSR count). The summed E-state index contributed by atoms with van der Waals surface area (Å²) in [6, 6.07) is 12.8. The van der Waals surface area contributed by atoms with Crippen molar-refractivity contribution in [2.24, 2.45) is 5.92 Å². The lowest BCUT2D eigenvalue weighted by molar-refractivity contribution is -0.108.